The van der Waals surface area contributed by atoms with Crippen LogP contribution in [0.4, 0.5) is 0 Å². The fourth-order valence-corrected chi connectivity index (χ4v) is 2.33. The van der Waals surface area contributed by atoms with Crippen LogP contribution in [-0.2, 0) is 11.3 Å². The van der Waals surface area contributed by atoms with E-state index in [-0.39, 0.29) is 23.1 Å². The average molecular weight is 335 g/mol. The van der Waals surface area contributed by atoms with Gasteiger partial charge >= 0.3 is 0 Å². The maximum Gasteiger partial charge on any atom is 0.189 e. The van der Waals surface area contributed by atoms with E-state index in [1.807, 2.05) is 12.3 Å². The summed E-state index contributed by atoms with van der Waals surface area (Å²) >= 11 is 1.63. The predicted molar refractivity (Wildman–Crippen MR) is 79.5 cm³/mol. The van der Waals surface area contributed by atoms with Crippen molar-refractivity contribution in [1.29, 1.82) is 0 Å². The lowest BCUT2D eigenvalue weighted by Gasteiger charge is -2.10. The zero-order valence-corrected chi connectivity index (χ0v) is 12.9. The third-order valence-corrected chi connectivity index (χ3v) is 3.44. The summed E-state index contributed by atoms with van der Waals surface area (Å²) in [5.74, 6) is 0.464. The molecule has 18 heavy (non-hydrogen) atoms. The fraction of sp³-hybridized carbons (Fsp3) is 0.636. The molecule has 0 spiro atoms. The Bertz CT molecular complexity index is 390. The summed E-state index contributed by atoms with van der Waals surface area (Å²) < 4.78 is 5.49. The van der Waals surface area contributed by atoms with E-state index < -0.39 is 0 Å². The summed E-state index contributed by atoms with van der Waals surface area (Å²) in [5, 5.41) is 6.14. The van der Waals surface area contributed by atoms with E-state index in [0.29, 0.717) is 12.5 Å². The zero-order valence-electron chi connectivity index (χ0n) is 10.4. The first kappa shape index (κ1) is 15.4. The summed E-state index contributed by atoms with van der Waals surface area (Å²) in [6.07, 6.45) is 2.53. The van der Waals surface area contributed by atoms with Crippen LogP contribution >= 0.6 is 28.3 Å². The highest BCUT2D eigenvalue weighted by Gasteiger charge is 2.14. The van der Waals surface area contributed by atoms with Gasteiger partial charge < -0.3 is 15.8 Å². The first-order valence-electron chi connectivity index (χ1n) is 5.80. The molecule has 0 radical (unpaired) electrons. The standard InChI is InChI=1S/C11H18N4OS.BrH/c1-8-15-9(7-17-8)5-13-11(12)14-6-10-3-2-4-16-10;/h7,10H,2-6H2,1H3,(H3,12,13,14);1H. The number of nitrogens with two attached hydrogens (primary N) is 1. The number of halogens is 1. The predicted octanol–water partition coefficient (Wildman–Crippen LogP) is 1.61. The van der Waals surface area contributed by atoms with Crippen LogP contribution in [0.3, 0.4) is 0 Å². The van der Waals surface area contributed by atoms with E-state index in [2.05, 4.69) is 15.3 Å². The molecule has 1 aliphatic heterocycles. The number of nitrogens with zero attached hydrogens (tertiary/aromatic N) is 2. The number of nitrogens with one attached hydrogen (secondary N) is 1. The van der Waals surface area contributed by atoms with Gasteiger partial charge in [0.25, 0.3) is 0 Å². The molecule has 7 heteroatoms. The van der Waals surface area contributed by atoms with Crippen molar-refractivity contribution in [3.63, 3.8) is 0 Å². The summed E-state index contributed by atoms with van der Waals surface area (Å²) in [6.45, 7) is 4.12. The van der Waals surface area contributed by atoms with Crippen molar-refractivity contribution in [3.8, 4) is 0 Å². The van der Waals surface area contributed by atoms with Gasteiger partial charge in [0.1, 0.15) is 0 Å². The summed E-state index contributed by atoms with van der Waals surface area (Å²) in [5.41, 5.74) is 6.73. The van der Waals surface area contributed by atoms with Crippen LogP contribution in [0.1, 0.15) is 23.5 Å². The van der Waals surface area contributed by atoms with Gasteiger partial charge in [0, 0.05) is 18.5 Å². The number of thiazole rings is 1. The molecule has 1 aromatic heterocycles. The summed E-state index contributed by atoms with van der Waals surface area (Å²) in [4.78, 5) is 8.56. The number of rotatable bonds is 4. The normalized spacial score (nSPS) is 19.6. The highest BCUT2D eigenvalue weighted by molar-refractivity contribution is 8.93. The minimum Gasteiger partial charge on any atom is -0.376 e. The van der Waals surface area contributed by atoms with E-state index in [9.17, 15) is 0 Å². The van der Waals surface area contributed by atoms with E-state index in [0.717, 1.165) is 36.7 Å². The Balaban J connectivity index is 0.00000162. The highest BCUT2D eigenvalue weighted by Crippen LogP contribution is 2.10. The number of aryl methyl sites for hydroxylation is 1. The van der Waals surface area contributed by atoms with Crippen LogP contribution in [0.5, 0.6) is 0 Å². The Morgan fingerprint density at radius 3 is 3.17 bits per heavy atom. The minimum absolute atomic E-state index is 0. The molecule has 1 aliphatic rings. The molecule has 1 saturated heterocycles. The second kappa shape index (κ2) is 7.70. The number of hydrogen-bond acceptors (Lipinski definition) is 4. The molecular weight excluding hydrogens is 316 g/mol. The van der Waals surface area contributed by atoms with Crippen LogP contribution < -0.4 is 11.1 Å². The average Bonchev–Trinajstić information content (AvgIpc) is 2.95. The van der Waals surface area contributed by atoms with Crippen molar-refractivity contribution in [2.24, 2.45) is 10.7 Å². The van der Waals surface area contributed by atoms with E-state index >= 15 is 0 Å². The maximum atomic E-state index is 5.77. The largest absolute Gasteiger partial charge is 0.376 e. The number of aliphatic imine (C=N–C) groups is 1. The minimum atomic E-state index is 0. The first-order chi connectivity index (χ1) is 8.24. The third kappa shape index (κ3) is 4.91. The van der Waals surface area contributed by atoms with Gasteiger partial charge in [-0.3, -0.25) is 0 Å². The van der Waals surface area contributed by atoms with Crippen LogP contribution in [0, 0.1) is 6.92 Å². The second-order valence-corrected chi connectivity index (χ2v) is 5.14. The quantitative estimate of drug-likeness (QED) is 0.648. The molecule has 1 fully saturated rings. The highest BCUT2D eigenvalue weighted by atomic mass is 79.9. The molecule has 0 bridgehead atoms. The zero-order chi connectivity index (χ0) is 12.1. The van der Waals surface area contributed by atoms with E-state index in [4.69, 9.17) is 10.5 Å². The van der Waals surface area contributed by atoms with Gasteiger partial charge in [0.15, 0.2) is 5.96 Å². The molecule has 0 aromatic carbocycles. The molecule has 5 nitrogen and oxygen atoms in total. The van der Waals surface area contributed by atoms with E-state index in [1.165, 1.54) is 0 Å². The van der Waals surface area contributed by atoms with Crippen LogP contribution in [0.15, 0.2) is 10.4 Å². The molecule has 2 heterocycles. The van der Waals surface area contributed by atoms with Crippen LogP contribution in [0.2, 0.25) is 0 Å². The van der Waals surface area contributed by atoms with Gasteiger partial charge in [-0.05, 0) is 19.8 Å². The molecule has 1 unspecified atom stereocenters. The molecule has 3 N–H and O–H groups in total. The van der Waals surface area contributed by atoms with Crippen molar-refractivity contribution >= 4 is 34.3 Å². The van der Waals surface area contributed by atoms with Crippen molar-refractivity contribution in [1.82, 2.24) is 10.3 Å². The Kier molecular flexibility index (Phi) is 6.59. The van der Waals surface area contributed by atoms with Gasteiger partial charge in [-0.1, -0.05) is 0 Å². The smallest absolute Gasteiger partial charge is 0.189 e. The lowest BCUT2D eigenvalue weighted by Crippen LogP contribution is -2.37. The third-order valence-electron chi connectivity index (χ3n) is 2.61. The lowest BCUT2D eigenvalue weighted by atomic mass is 10.2. The molecule has 1 atom stereocenters. The molecular formula is C11H19BrN4OS. The van der Waals surface area contributed by atoms with Crippen LogP contribution in [0.25, 0.3) is 0 Å². The topological polar surface area (TPSA) is 72.5 Å². The second-order valence-electron chi connectivity index (χ2n) is 4.08. The van der Waals surface area contributed by atoms with Crippen molar-refractivity contribution in [2.75, 3.05) is 13.2 Å². The van der Waals surface area contributed by atoms with Gasteiger partial charge in [0.05, 0.1) is 23.4 Å². The SMILES string of the molecule is Br.Cc1nc(CN=C(N)NCC2CCCO2)cs1. The molecule has 0 saturated carbocycles. The van der Waals surface area contributed by atoms with Gasteiger partial charge in [-0.25, -0.2) is 9.98 Å². The number of aromatic nitrogens is 1. The Morgan fingerprint density at radius 1 is 1.72 bits per heavy atom. The van der Waals surface area contributed by atoms with Crippen molar-refractivity contribution in [3.05, 3.63) is 16.1 Å². The molecule has 102 valence electrons. The fourth-order valence-electron chi connectivity index (χ4n) is 1.73. The Morgan fingerprint density at radius 2 is 2.56 bits per heavy atom. The van der Waals surface area contributed by atoms with E-state index in [1.54, 1.807) is 11.3 Å². The monoisotopic (exact) mass is 334 g/mol. The molecule has 2 rings (SSSR count). The number of hydrogen-bond donors (Lipinski definition) is 2. The van der Waals surface area contributed by atoms with Crippen LogP contribution in [-0.4, -0.2) is 30.2 Å². The summed E-state index contributed by atoms with van der Waals surface area (Å²) in [7, 11) is 0. The van der Waals surface area contributed by atoms with Crippen molar-refractivity contribution in [2.45, 2.75) is 32.4 Å². The number of ether oxygens (including phenoxy) is 1. The Labute approximate surface area is 122 Å². The summed E-state index contributed by atoms with van der Waals surface area (Å²) in [6, 6.07) is 0. The molecule has 0 aliphatic carbocycles. The van der Waals surface area contributed by atoms with Gasteiger partial charge in [0.2, 0.25) is 0 Å². The van der Waals surface area contributed by atoms with Gasteiger partial charge in [-0.15, -0.1) is 28.3 Å². The number of guanidine groups is 1. The lowest BCUT2D eigenvalue weighted by molar-refractivity contribution is 0.114. The Hall–Kier alpha value is -0.660. The molecule has 0 amide bonds. The first-order valence-corrected chi connectivity index (χ1v) is 6.68. The maximum absolute atomic E-state index is 5.77. The van der Waals surface area contributed by atoms with Crippen molar-refractivity contribution < 1.29 is 4.74 Å². The van der Waals surface area contributed by atoms with Gasteiger partial charge in [-0.2, -0.15) is 0 Å². The molecule has 1 aromatic rings.